The van der Waals surface area contributed by atoms with Gasteiger partial charge in [0, 0.05) is 16.1 Å². The summed E-state index contributed by atoms with van der Waals surface area (Å²) in [5.41, 5.74) is -0.159. The second kappa shape index (κ2) is 7.57. The van der Waals surface area contributed by atoms with E-state index in [0.29, 0.717) is 4.47 Å². The zero-order chi connectivity index (χ0) is 18.7. The van der Waals surface area contributed by atoms with Crippen LogP contribution >= 0.6 is 15.9 Å². The molecule has 0 saturated heterocycles. The molecule has 8 heteroatoms. The highest BCUT2D eigenvalue weighted by Gasteiger charge is 2.11. The number of halogens is 3. The highest BCUT2D eigenvalue weighted by atomic mass is 79.9. The second-order valence-corrected chi connectivity index (χ2v) is 6.31. The molecule has 1 amide bonds. The lowest BCUT2D eigenvalue weighted by molar-refractivity contribution is -0.116. The normalized spacial score (nSPS) is 10.6. The first kappa shape index (κ1) is 17.9. The predicted molar refractivity (Wildman–Crippen MR) is 96.6 cm³/mol. The van der Waals surface area contributed by atoms with Gasteiger partial charge in [0.25, 0.3) is 5.56 Å². The van der Waals surface area contributed by atoms with Crippen molar-refractivity contribution in [1.29, 1.82) is 0 Å². The number of hydrogen-bond donors (Lipinski definition) is 1. The van der Waals surface area contributed by atoms with Crippen LogP contribution in [0.4, 0.5) is 14.5 Å². The van der Waals surface area contributed by atoms with E-state index >= 15 is 0 Å². The molecular formula is C18H12BrF2N3O2. The average Bonchev–Trinajstić information content (AvgIpc) is 2.60. The van der Waals surface area contributed by atoms with Crippen molar-refractivity contribution in [2.45, 2.75) is 6.54 Å². The summed E-state index contributed by atoms with van der Waals surface area (Å²) in [7, 11) is 0. The zero-order valence-corrected chi connectivity index (χ0v) is 14.8. The molecule has 3 rings (SSSR count). The number of aromatic nitrogens is 2. The van der Waals surface area contributed by atoms with Gasteiger partial charge in [0.2, 0.25) is 5.91 Å². The Bertz CT molecular complexity index is 1040. The molecule has 132 valence electrons. The number of hydrogen-bond acceptors (Lipinski definition) is 3. The van der Waals surface area contributed by atoms with Crippen molar-refractivity contribution < 1.29 is 13.6 Å². The summed E-state index contributed by atoms with van der Waals surface area (Å²) in [5, 5.41) is 2.39. The first-order valence-electron chi connectivity index (χ1n) is 7.50. The molecule has 0 atom stereocenters. The molecule has 0 aliphatic rings. The van der Waals surface area contributed by atoms with E-state index in [9.17, 15) is 18.4 Å². The van der Waals surface area contributed by atoms with Gasteiger partial charge < -0.3 is 5.32 Å². The molecule has 0 spiro atoms. The van der Waals surface area contributed by atoms with Gasteiger partial charge in [-0.1, -0.05) is 28.1 Å². The third kappa shape index (κ3) is 4.02. The topological polar surface area (TPSA) is 64.0 Å². The minimum Gasteiger partial charge on any atom is -0.322 e. The van der Waals surface area contributed by atoms with Gasteiger partial charge in [-0.15, -0.1) is 0 Å². The Hall–Kier alpha value is -2.87. The van der Waals surface area contributed by atoms with Crippen LogP contribution < -0.4 is 10.9 Å². The van der Waals surface area contributed by atoms with Crippen LogP contribution in [0, 0.1) is 11.6 Å². The smallest absolute Gasteiger partial charge is 0.254 e. The fourth-order valence-corrected chi connectivity index (χ4v) is 2.63. The molecule has 3 aromatic rings. The maximum absolute atomic E-state index is 13.8. The lowest BCUT2D eigenvalue weighted by atomic mass is 10.1. The van der Waals surface area contributed by atoms with Crippen LogP contribution in [0.15, 0.2) is 64.1 Å². The molecule has 1 aromatic heterocycles. The van der Waals surface area contributed by atoms with E-state index in [-0.39, 0.29) is 23.5 Å². The number of benzene rings is 2. The summed E-state index contributed by atoms with van der Waals surface area (Å²) < 4.78 is 29.1. The molecule has 0 fully saturated rings. The number of nitrogens with one attached hydrogen (secondary N) is 1. The lowest BCUT2D eigenvalue weighted by Gasteiger charge is -2.09. The minimum atomic E-state index is -0.604. The summed E-state index contributed by atoms with van der Waals surface area (Å²) >= 11 is 3.12. The van der Waals surface area contributed by atoms with E-state index in [4.69, 9.17) is 0 Å². The van der Waals surface area contributed by atoms with Gasteiger partial charge >= 0.3 is 0 Å². The van der Waals surface area contributed by atoms with Gasteiger partial charge in [-0.25, -0.2) is 13.8 Å². The molecule has 0 aliphatic carbocycles. The van der Waals surface area contributed by atoms with Crippen LogP contribution in [0.2, 0.25) is 0 Å². The van der Waals surface area contributed by atoms with Crippen molar-refractivity contribution in [2.24, 2.45) is 0 Å². The first-order valence-corrected chi connectivity index (χ1v) is 8.29. The van der Waals surface area contributed by atoms with Gasteiger partial charge in [0.05, 0.1) is 17.7 Å². The van der Waals surface area contributed by atoms with Crippen LogP contribution in [0.25, 0.3) is 11.3 Å². The maximum Gasteiger partial charge on any atom is 0.254 e. The fourth-order valence-electron chi connectivity index (χ4n) is 2.30. The Morgan fingerprint density at radius 3 is 2.58 bits per heavy atom. The molecule has 1 heterocycles. The number of carbonyl (C=O) groups is 1. The maximum atomic E-state index is 13.8. The number of rotatable bonds is 4. The first-order chi connectivity index (χ1) is 12.4. The SMILES string of the molecule is O=C(Cn1cnc(-c2ccccc2F)cc1=O)Nc1ccc(Br)cc1F. The highest BCUT2D eigenvalue weighted by molar-refractivity contribution is 9.10. The molecule has 26 heavy (non-hydrogen) atoms. The van der Waals surface area contributed by atoms with Crippen LogP contribution in [0.5, 0.6) is 0 Å². The summed E-state index contributed by atoms with van der Waals surface area (Å²) in [6.07, 6.45) is 1.15. The minimum absolute atomic E-state index is 0.00202. The molecule has 0 radical (unpaired) electrons. The van der Waals surface area contributed by atoms with E-state index in [1.54, 1.807) is 12.1 Å². The number of carbonyl (C=O) groups excluding carboxylic acids is 1. The van der Waals surface area contributed by atoms with Gasteiger partial charge in [-0.3, -0.25) is 14.2 Å². The fraction of sp³-hybridized carbons (Fsp3) is 0.0556. The standard InChI is InChI=1S/C18H12BrF2N3O2/c19-11-5-6-15(14(21)7-11)23-17(25)9-24-10-22-16(8-18(24)26)12-3-1-2-4-13(12)20/h1-8,10H,9H2,(H,23,25). The van der Waals surface area contributed by atoms with Crippen LogP contribution in [0.3, 0.4) is 0 Å². The van der Waals surface area contributed by atoms with Gasteiger partial charge in [0.15, 0.2) is 0 Å². The van der Waals surface area contributed by atoms with Gasteiger partial charge in [-0.2, -0.15) is 0 Å². The average molecular weight is 420 g/mol. The van der Waals surface area contributed by atoms with Gasteiger partial charge in [0.1, 0.15) is 18.2 Å². The summed E-state index contributed by atoms with van der Waals surface area (Å²) in [5.74, 6) is -1.69. The van der Waals surface area contributed by atoms with Gasteiger partial charge in [-0.05, 0) is 30.3 Å². The lowest BCUT2D eigenvalue weighted by Crippen LogP contribution is -2.27. The van der Waals surface area contributed by atoms with Crippen molar-refractivity contribution in [1.82, 2.24) is 9.55 Å². The largest absolute Gasteiger partial charge is 0.322 e. The van der Waals surface area contributed by atoms with E-state index in [2.05, 4.69) is 26.2 Å². The Morgan fingerprint density at radius 2 is 1.88 bits per heavy atom. The molecule has 2 aromatic carbocycles. The van der Waals surface area contributed by atoms with E-state index in [1.807, 2.05) is 0 Å². The molecule has 1 N–H and O–H groups in total. The van der Waals surface area contributed by atoms with Crippen LogP contribution in [-0.2, 0) is 11.3 Å². The molecule has 0 aliphatic heterocycles. The Labute approximate surface area is 155 Å². The second-order valence-electron chi connectivity index (χ2n) is 5.39. The number of anilines is 1. The third-order valence-electron chi connectivity index (χ3n) is 3.55. The molecule has 5 nitrogen and oxygen atoms in total. The highest BCUT2D eigenvalue weighted by Crippen LogP contribution is 2.20. The van der Waals surface area contributed by atoms with Crippen molar-refractivity contribution >= 4 is 27.5 Å². The van der Waals surface area contributed by atoms with Crippen molar-refractivity contribution in [3.8, 4) is 11.3 Å². The van der Waals surface area contributed by atoms with Crippen molar-refractivity contribution in [3.63, 3.8) is 0 Å². The summed E-state index contributed by atoms with van der Waals surface area (Å²) in [6, 6.07) is 11.3. The molecule has 0 unspecified atom stereocenters. The number of nitrogens with zero attached hydrogens (tertiary/aromatic N) is 2. The summed E-state index contributed by atoms with van der Waals surface area (Å²) in [4.78, 5) is 28.2. The summed E-state index contributed by atoms with van der Waals surface area (Å²) in [6.45, 7) is -0.348. The zero-order valence-electron chi connectivity index (χ0n) is 13.2. The molecular weight excluding hydrogens is 408 g/mol. The van der Waals surface area contributed by atoms with Crippen molar-refractivity contribution in [2.75, 3.05) is 5.32 Å². The van der Waals surface area contributed by atoms with Crippen molar-refractivity contribution in [3.05, 3.63) is 81.3 Å². The molecule has 0 bridgehead atoms. The van der Waals surface area contributed by atoms with E-state index < -0.39 is 23.1 Å². The predicted octanol–water partition coefficient (Wildman–Crippen LogP) is 3.59. The van der Waals surface area contributed by atoms with E-state index in [1.165, 1.54) is 30.3 Å². The quantitative estimate of drug-likeness (QED) is 0.702. The van der Waals surface area contributed by atoms with Crippen LogP contribution in [-0.4, -0.2) is 15.5 Å². The Morgan fingerprint density at radius 1 is 1.12 bits per heavy atom. The van der Waals surface area contributed by atoms with E-state index in [0.717, 1.165) is 17.0 Å². The Balaban J connectivity index is 1.77. The third-order valence-corrected chi connectivity index (χ3v) is 4.04. The van der Waals surface area contributed by atoms with Crippen LogP contribution in [0.1, 0.15) is 0 Å². The Kier molecular flexibility index (Phi) is 5.22. The monoisotopic (exact) mass is 419 g/mol. The number of amides is 1. The molecule has 0 saturated carbocycles.